The van der Waals surface area contributed by atoms with Crippen LogP contribution < -0.4 is 5.32 Å². The summed E-state index contributed by atoms with van der Waals surface area (Å²) in [5, 5.41) is 10.5. The molecular weight excluding hydrogens is 177 g/mol. The Kier molecular flexibility index (Phi) is 2.73. The topological polar surface area (TPSA) is 75.1 Å². The van der Waals surface area contributed by atoms with Gasteiger partial charge in [0.2, 0.25) is 0 Å². The third kappa shape index (κ3) is 2.66. The summed E-state index contributed by atoms with van der Waals surface area (Å²) in [4.78, 5) is 17.4. The second kappa shape index (κ2) is 3.79. The van der Waals surface area contributed by atoms with E-state index in [-0.39, 0.29) is 5.82 Å². The maximum Gasteiger partial charge on any atom is 0.405 e. The quantitative estimate of drug-likeness (QED) is 0.719. The summed E-state index contributed by atoms with van der Waals surface area (Å²) in [5.41, 5.74) is 0. The van der Waals surface area contributed by atoms with Crippen molar-refractivity contribution in [1.82, 2.24) is 15.3 Å². The Labute approximate surface area is 73.6 Å². The summed E-state index contributed by atoms with van der Waals surface area (Å²) < 4.78 is 12.4. The van der Waals surface area contributed by atoms with Crippen LogP contribution in [0.25, 0.3) is 0 Å². The number of hydrogen-bond donors (Lipinski definition) is 2. The van der Waals surface area contributed by atoms with Crippen molar-refractivity contribution < 1.29 is 14.3 Å². The summed E-state index contributed by atoms with van der Waals surface area (Å²) in [6, 6.07) is -0.543. The van der Waals surface area contributed by atoms with Crippen molar-refractivity contribution in [2.75, 3.05) is 0 Å². The maximum atomic E-state index is 12.4. The van der Waals surface area contributed by atoms with Crippen LogP contribution in [0.5, 0.6) is 0 Å². The molecule has 1 atom stereocenters. The Bertz CT molecular complexity index is 301. The standard InChI is InChI=1S/C7H8FN3O2/c1-4(11-7(12)13)6-9-2-5(8)3-10-6/h2-4,11H,1H3,(H,12,13). The number of halogens is 1. The molecule has 0 aliphatic heterocycles. The Balaban J connectivity index is 2.71. The Morgan fingerprint density at radius 1 is 1.62 bits per heavy atom. The van der Waals surface area contributed by atoms with Crippen LogP contribution in [-0.2, 0) is 0 Å². The van der Waals surface area contributed by atoms with Crippen LogP contribution in [-0.4, -0.2) is 21.2 Å². The molecule has 0 bridgehead atoms. The van der Waals surface area contributed by atoms with Crippen molar-refractivity contribution in [3.8, 4) is 0 Å². The van der Waals surface area contributed by atoms with Crippen LogP contribution in [0.2, 0.25) is 0 Å². The summed E-state index contributed by atoms with van der Waals surface area (Å²) in [7, 11) is 0. The zero-order valence-corrected chi connectivity index (χ0v) is 6.86. The van der Waals surface area contributed by atoms with E-state index in [4.69, 9.17) is 5.11 Å². The lowest BCUT2D eigenvalue weighted by Gasteiger charge is -2.08. The molecule has 0 spiro atoms. The van der Waals surface area contributed by atoms with E-state index in [1.165, 1.54) is 0 Å². The Morgan fingerprint density at radius 3 is 2.62 bits per heavy atom. The number of aromatic nitrogens is 2. The van der Waals surface area contributed by atoms with Gasteiger partial charge in [-0.3, -0.25) is 0 Å². The van der Waals surface area contributed by atoms with Gasteiger partial charge in [0.1, 0.15) is 0 Å². The fourth-order valence-corrected chi connectivity index (χ4v) is 0.796. The summed E-state index contributed by atoms with van der Waals surface area (Å²) in [5.74, 6) is -0.310. The van der Waals surface area contributed by atoms with E-state index >= 15 is 0 Å². The van der Waals surface area contributed by atoms with E-state index in [0.29, 0.717) is 0 Å². The van der Waals surface area contributed by atoms with Gasteiger partial charge in [-0.25, -0.2) is 19.2 Å². The van der Waals surface area contributed by atoms with E-state index in [2.05, 4.69) is 15.3 Å². The van der Waals surface area contributed by atoms with Crippen molar-refractivity contribution in [2.24, 2.45) is 0 Å². The lowest BCUT2D eigenvalue weighted by atomic mass is 10.3. The second-order valence-electron chi connectivity index (χ2n) is 2.43. The Hall–Kier alpha value is -1.72. The lowest BCUT2D eigenvalue weighted by Crippen LogP contribution is -2.25. The fraction of sp³-hybridized carbons (Fsp3) is 0.286. The van der Waals surface area contributed by atoms with Crippen molar-refractivity contribution in [1.29, 1.82) is 0 Å². The van der Waals surface area contributed by atoms with E-state index in [9.17, 15) is 9.18 Å². The number of hydrogen-bond acceptors (Lipinski definition) is 3. The molecule has 13 heavy (non-hydrogen) atoms. The molecule has 2 N–H and O–H groups in total. The van der Waals surface area contributed by atoms with Crippen LogP contribution >= 0.6 is 0 Å². The maximum absolute atomic E-state index is 12.4. The SMILES string of the molecule is CC(NC(=O)O)c1ncc(F)cn1. The highest BCUT2D eigenvalue weighted by Crippen LogP contribution is 2.04. The molecule has 0 aliphatic carbocycles. The molecule has 0 saturated heterocycles. The van der Waals surface area contributed by atoms with Gasteiger partial charge in [-0.15, -0.1) is 0 Å². The fourth-order valence-electron chi connectivity index (χ4n) is 0.796. The molecule has 0 aliphatic rings. The highest BCUT2D eigenvalue weighted by molar-refractivity contribution is 5.64. The summed E-state index contributed by atoms with van der Waals surface area (Å²) >= 11 is 0. The summed E-state index contributed by atoms with van der Waals surface area (Å²) in [6.07, 6.45) is 0.811. The first-order valence-corrected chi connectivity index (χ1v) is 3.56. The molecule has 1 unspecified atom stereocenters. The van der Waals surface area contributed by atoms with Crippen molar-refractivity contribution in [3.63, 3.8) is 0 Å². The predicted molar refractivity (Wildman–Crippen MR) is 41.6 cm³/mol. The smallest absolute Gasteiger partial charge is 0.405 e. The molecule has 0 radical (unpaired) electrons. The first-order chi connectivity index (χ1) is 6.09. The number of nitrogens with zero attached hydrogens (tertiary/aromatic N) is 2. The first-order valence-electron chi connectivity index (χ1n) is 3.56. The average molecular weight is 185 g/mol. The minimum absolute atomic E-state index is 0.240. The summed E-state index contributed by atoms with van der Waals surface area (Å²) in [6.45, 7) is 1.57. The monoisotopic (exact) mass is 185 g/mol. The van der Waals surface area contributed by atoms with Crippen molar-refractivity contribution in [2.45, 2.75) is 13.0 Å². The number of rotatable bonds is 2. The predicted octanol–water partition coefficient (Wildman–Crippen LogP) is 0.944. The zero-order chi connectivity index (χ0) is 9.84. The van der Waals surface area contributed by atoms with Crippen LogP contribution in [0, 0.1) is 5.82 Å². The molecule has 1 heterocycles. The van der Waals surface area contributed by atoms with E-state index < -0.39 is 18.0 Å². The number of nitrogens with one attached hydrogen (secondary N) is 1. The normalized spacial score (nSPS) is 12.2. The van der Waals surface area contributed by atoms with Gasteiger partial charge in [0.25, 0.3) is 0 Å². The van der Waals surface area contributed by atoms with Gasteiger partial charge in [-0.2, -0.15) is 0 Å². The third-order valence-electron chi connectivity index (χ3n) is 1.37. The van der Waals surface area contributed by atoms with Gasteiger partial charge in [0, 0.05) is 0 Å². The largest absolute Gasteiger partial charge is 0.465 e. The van der Waals surface area contributed by atoms with Gasteiger partial charge in [0.05, 0.1) is 18.4 Å². The van der Waals surface area contributed by atoms with Gasteiger partial charge in [0.15, 0.2) is 11.6 Å². The molecule has 70 valence electrons. The highest BCUT2D eigenvalue weighted by atomic mass is 19.1. The van der Waals surface area contributed by atoms with Gasteiger partial charge in [-0.1, -0.05) is 0 Å². The van der Waals surface area contributed by atoms with E-state index in [1.54, 1.807) is 6.92 Å². The first kappa shape index (κ1) is 9.37. The molecule has 0 fully saturated rings. The molecule has 1 aromatic heterocycles. The van der Waals surface area contributed by atoms with Crippen LogP contribution in [0.1, 0.15) is 18.8 Å². The van der Waals surface area contributed by atoms with Crippen LogP contribution in [0.3, 0.4) is 0 Å². The molecule has 1 rings (SSSR count). The molecule has 6 heteroatoms. The molecule has 0 aromatic carbocycles. The van der Waals surface area contributed by atoms with E-state index in [1.807, 2.05) is 0 Å². The number of carbonyl (C=O) groups is 1. The van der Waals surface area contributed by atoms with Gasteiger partial charge < -0.3 is 10.4 Å². The van der Waals surface area contributed by atoms with Crippen molar-refractivity contribution in [3.05, 3.63) is 24.0 Å². The minimum atomic E-state index is -1.17. The number of carboxylic acid groups (broad SMARTS) is 1. The number of amides is 1. The molecular formula is C7H8FN3O2. The lowest BCUT2D eigenvalue weighted by molar-refractivity contribution is 0.190. The van der Waals surface area contributed by atoms with Gasteiger partial charge >= 0.3 is 6.09 Å². The molecule has 0 saturated carbocycles. The molecule has 1 amide bonds. The average Bonchev–Trinajstić information content (AvgIpc) is 2.04. The minimum Gasteiger partial charge on any atom is -0.465 e. The van der Waals surface area contributed by atoms with Gasteiger partial charge in [-0.05, 0) is 6.92 Å². The molecule has 1 aromatic rings. The third-order valence-corrected chi connectivity index (χ3v) is 1.37. The van der Waals surface area contributed by atoms with Crippen molar-refractivity contribution >= 4 is 6.09 Å². The molecule has 5 nitrogen and oxygen atoms in total. The second-order valence-corrected chi connectivity index (χ2v) is 2.43. The zero-order valence-electron chi connectivity index (χ0n) is 6.86. The van der Waals surface area contributed by atoms with E-state index in [0.717, 1.165) is 12.4 Å². The van der Waals surface area contributed by atoms with Crippen LogP contribution in [0.15, 0.2) is 12.4 Å². The van der Waals surface area contributed by atoms with Crippen LogP contribution in [0.4, 0.5) is 9.18 Å². The highest BCUT2D eigenvalue weighted by Gasteiger charge is 2.10. The Morgan fingerprint density at radius 2 is 2.15 bits per heavy atom.